The Balaban J connectivity index is 0.996. The van der Waals surface area contributed by atoms with Crippen molar-refractivity contribution in [2.45, 2.75) is 104 Å². The second kappa shape index (κ2) is 9.10. The number of carbonyl (C=O) groups excluding carboxylic acids is 1. The lowest BCUT2D eigenvalue weighted by Gasteiger charge is -2.66. The zero-order valence-corrected chi connectivity index (χ0v) is 30.7. The predicted molar refractivity (Wildman–Crippen MR) is 194 cm³/mol. The molecule has 53 heavy (non-hydrogen) atoms. The average Bonchev–Trinajstić information content (AvgIpc) is 4.04. The fourth-order valence-electron chi connectivity index (χ4n) is 17.4. The molecule has 2 aliphatic carbocycles. The molecule has 1 N–H and O–H groups in total. The number of fused-ring (bicyclic) bond motifs is 7. The summed E-state index contributed by atoms with van der Waals surface area (Å²) in [6, 6.07) is 16.6. The molecular formula is C43H48N4O6. The highest BCUT2D eigenvalue weighted by atomic mass is 16.6. The smallest absolute Gasteiger partial charge is 0.335 e. The lowest BCUT2D eigenvalue weighted by molar-refractivity contribution is -0.168. The van der Waals surface area contributed by atoms with E-state index >= 15 is 0 Å². The Hall–Kier alpha value is -3.15. The Morgan fingerprint density at radius 3 is 2.58 bits per heavy atom. The number of hydrogen-bond donors (Lipinski definition) is 1. The number of para-hydroxylation sites is 2. The third-order valence-corrected chi connectivity index (χ3v) is 17.9. The molecule has 10 heterocycles. The summed E-state index contributed by atoms with van der Waals surface area (Å²) in [5.41, 5.74) is 5.99. The summed E-state index contributed by atoms with van der Waals surface area (Å²) < 4.78 is 34.0. The highest BCUT2D eigenvalue weighted by Gasteiger charge is 2.88. The first-order valence-corrected chi connectivity index (χ1v) is 20.4. The largest absolute Gasteiger partial charge is 0.495 e. The van der Waals surface area contributed by atoms with Crippen LogP contribution in [0.15, 0.2) is 53.7 Å². The molecule has 0 amide bonds. The Labute approximate surface area is 310 Å². The molecule has 10 aliphatic heterocycles. The van der Waals surface area contributed by atoms with E-state index in [1.54, 1.807) is 7.11 Å². The number of piperidine rings is 3. The predicted octanol–water partition coefficient (Wildman–Crippen LogP) is 4.32. The van der Waals surface area contributed by atoms with Gasteiger partial charge in [0.2, 0.25) is 0 Å². The molecule has 276 valence electrons. The zero-order valence-electron chi connectivity index (χ0n) is 30.7. The molecular weight excluding hydrogens is 668 g/mol. The molecule has 2 aromatic rings. The van der Waals surface area contributed by atoms with Crippen molar-refractivity contribution in [1.29, 1.82) is 0 Å². The number of carbonyl (C=O) groups is 1. The van der Waals surface area contributed by atoms with Crippen LogP contribution in [0.2, 0.25) is 0 Å². The van der Waals surface area contributed by atoms with Gasteiger partial charge in [-0.3, -0.25) is 9.80 Å². The summed E-state index contributed by atoms with van der Waals surface area (Å²) in [5, 5.41) is 3.81. The van der Waals surface area contributed by atoms with Crippen LogP contribution >= 0.6 is 0 Å². The lowest BCUT2D eigenvalue weighted by Crippen LogP contribution is -2.77. The Morgan fingerprint density at radius 1 is 0.849 bits per heavy atom. The van der Waals surface area contributed by atoms with Gasteiger partial charge in [0.05, 0.1) is 60.2 Å². The molecule has 8 saturated heterocycles. The molecule has 0 aromatic heterocycles. The second-order valence-corrected chi connectivity index (χ2v) is 19.2. The van der Waals surface area contributed by atoms with Crippen LogP contribution in [0.5, 0.6) is 5.75 Å². The van der Waals surface area contributed by atoms with Gasteiger partial charge < -0.3 is 33.9 Å². The van der Waals surface area contributed by atoms with E-state index in [2.05, 4.69) is 62.5 Å². The number of benzene rings is 2. The van der Waals surface area contributed by atoms with Gasteiger partial charge in [0, 0.05) is 66.0 Å². The van der Waals surface area contributed by atoms with Crippen LogP contribution in [0.1, 0.15) is 62.5 Å². The van der Waals surface area contributed by atoms with E-state index in [0.717, 1.165) is 100 Å². The summed E-state index contributed by atoms with van der Waals surface area (Å²) in [4.78, 5) is 22.5. The van der Waals surface area contributed by atoms with Crippen LogP contribution in [-0.2, 0) is 34.6 Å². The highest BCUT2D eigenvalue weighted by molar-refractivity contribution is 5.93. The van der Waals surface area contributed by atoms with Gasteiger partial charge in [0.1, 0.15) is 12.0 Å². The summed E-state index contributed by atoms with van der Waals surface area (Å²) in [6.07, 6.45) is 8.06. The van der Waals surface area contributed by atoms with E-state index in [0.29, 0.717) is 19.1 Å². The minimum atomic E-state index is -0.329. The summed E-state index contributed by atoms with van der Waals surface area (Å²) in [6.45, 7) is 5.73. The van der Waals surface area contributed by atoms with Crippen molar-refractivity contribution >= 4 is 17.3 Å². The van der Waals surface area contributed by atoms with Gasteiger partial charge in [-0.05, 0) is 87.7 Å². The minimum Gasteiger partial charge on any atom is -0.495 e. The standard InChI is InChI=1S/C43H48N4O6/c1-49-28-9-5-7-26-30(28)47-35-41(21-39-14-18-51-29(39)10-15-45-16-12-43(26,35)34(39)45)22-40(37(47)53-41)23-46-17-11-42-25-6-3-4-8-27(25)44-31(42)24(32(48)50-2)20-38(33(42)46)13-19-52-36(38)40/h3-9,29,33-37,44H,10-23H2,1-2H3. The van der Waals surface area contributed by atoms with E-state index in [1.165, 1.54) is 16.8 Å². The SMILES string of the molecule is COC(=O)C1=C2Nc3ccccc3C23CCN2CC4(CC56CC78CCOC7CCN7CCC9(c%10cccc(OC)c%10N(C4O5)C69)C78)C4OCCC4(C1)C23. The molecule has 1 saturated carbocycles. The van der Waals surface area contributed by atoms with E-state index < -0.39 is 0 Å². The molecule has 6 spiro atoms. The van der Waals surface area contributed by atoms with Crippen molar-refractivity contribution in [3.05, 3.63) is 64.9 Å². The van der Waals surface area contributed by atoms with Gasteiger partial charge in [-0.2, -0.15) is 0 Å². The quantitative estimate of drug-likeness (QED) is 0.454. The van der Waals surface area contributed by atoms with E-state index in [-0.39, 0.29) is 69.2 Å². The first-order valence-electron chi connectivity index (χ1n) is 20.4. The first-order chi connectivity index (χ1) is 25.9. The molecule has 10 heteroatoms. The molecule has 9 fully saturated rings. The third-order valence-electron chi connectivity index (χ3n) is 17.9. The Bertz CT molecular complexity index is 2110. The maximum atomic E-state index is 14.0. The molecule has 14 rings (SSSR count). The molecule has 2 bridgehead atoms. The van der Waals surface area contributed by atoms with Crippen molar-refractivity contribution in [2.75, 3.05) is 63.8 Å². The minimum absolute atomic E-state index is 0.0340. The van der Waals surface area contributed by atoms with Gasteiger partial charge in [0.15, 0.2) is 0 Å². The highest BCUT2D eigenvalue weighted by Crippen LogP contribution is 2.80. The molecule has 12 unspecified atom stereocenters. The number of nitrogens with one attached hydrogen (secondary N) is 1. The molecule has 12 atom stereocenters. The second-order valence-electron chi connectivity index (χ2n) is 19.2. The number of anilines is 2. The van der Waals surface area contributed by atoms with Crippen molar-refractivity contribution in [3.8, 4) is 5.75 Å². The topological polar surface area (TPSA) is 85.0 Å². The van der Waals surface area contributed by atoms with Crippen molar-refractivity contribution in [1.82, 2.24) is 9.80 Å². The molecule has 0 radical (unpaired) electrons. The Kier molecular flexibility index (Phi) is 5.17. The van der Waals surface area contributed by atoms with E-state index in [1.807, 2.05) is 7.11 Å². The summed E-state index contributed by atoms with van der Waals surface area (Å²) in [7, 11) is 3.39. The van der Waals surface area contributed by atoms with Crippen molar-refractivity contribution < 1.29 is 28.5 Å². The van der Waals surface area contributed by atoms with Crippen LogP contribution < -0.4 is 15.0 Å². The van der Waals surface area contributed by atoms with Gasteiger partial charge in [0.25, 0.3) is 0 Å². The number of ether oxygens (including phenoxy) is 5. The molecule has 12 aliphatic rings. The van der Waals surface area contributed by atoms with Crippen molar-refractivity contribution in [2.24, 2.45) is 16.2 Å². The monoisotopic (exact) mass is 716 g/mol. The Morgan fingerprint density at radius 2 is 1.68 bits per heavy atom. The lowest BCUT2D eigenvalue weighted by atomic mass is 9.44. The maximum Gasteiger partial charge on any atom is 0.335 e. The van der Waals surface area contributed by atoms with Crippen LogP contribution in [-0.4, -0.2) is 112 Å². The van der Waals surface area contributed by atoms with Gasteiger partial charge in [-0.1, -0.05) is 30.3 Å². The summed E-state index contributed by atoms with van der Waals surface area (Å²) in [5.74, 6) is 0.769. The van der Waals surface area contributed by atoms with Crippen LogP contribution in [0.3, 0.4) is 0 Å². The normalized spacial score (nSPS) is 49.6. The fourth-order valence-corrected chi connectivity index (χ4v) is 17.4. The number of methoxy groups -OCH3 is 2. The van der Waals surface area contributed by atoms with Gasteiger partial charge >= 0.3 is 5.97 Å². The first kappa shape index (κ1) is 30.1. The zero-order chi connectivity index (χ0) is 34.9. The van der Waals surface area contributed by atoms with Gasteiger partial charge in [-0.25, -0.2) is 4.79 Å². The fraction of sp³-hybridized carbons (Fsp3) is 0.651. The van der Waals surface area contributed by atoms with Crippen LogP contribution in [0.25, 0.3) is 0 Å². The number of esters is 1. The average molecular weight is 717 g/mol. The molecule has 10 nitrogen and oxygen atoms in total. The van der Waals surface area contributed by atoms with Crippen molar-refractivity contribution in [3.63, 3.8) is 0 Å². The number of rotatable bonds is 2. The number of hydrogen-bond acceptors (Lipinski definition) is 10. The van der Waals surface area contributed by atoms with E-state index in [9.17, 15) is 4.79 Å². The third kappa shape index (κ3) is 2.85. The van der Waals surface area contributed by atoms with Crippen LogP contribution in [0.4, 0.5) is 11.4 Å². The maximum absolute atomic E-state index is 14.0. The summed E-state index contributed by atoms with van der Waals surface area (Å²) >= 11 is 0. The molecule has 2 aromatic carbocycles. The van der Waals surface area contributed by atoms with Crippen LogP contribution in [0, 0.1) is 16.2 Å². The van der Waals surface area contributed by atoms with E-state index in [4.69, 9.17) is 23.7 Å². The number of nitrogens with zero attached hydrogens (tertiary/aromatic N) is 3. The van der Waals surface area contributed by atoms with Gasteiger partial charge in [-0.15, -0.1) is 0 Å².